The predicted octanol–water partition coefficient (Wildman–Crippen LogP) is 1.11. The van der Waals surface area contributed by atoms with Crippen LogP contribution in [0.4, 0.5) is 0 Å². The summed E-state index contributed by atoms with van der Waals surface area (Å²) in [6.45, 7) is 26.6. The van der Waals surface area contributed by atoms with E-state index in [4.69, 9.17) is 63.1 Å². The van der Waals surface area contributed by atoms with Crippen LogP contribution in [0.15, 0.2) is 0 Å². The second kappa shape index (κ2) is 27.8. The first-order chi connectivity index (χ1) is 24.3. The van der Waals surface area contributed by atoms with E-state index in [1.807, 2.05) is 55.4 Å². The van der Waals surface area contributed by atoms with E-state index in [0.29, 0.717) is 5.92 Å². The summed E-state index contributed by atoms with van der Waals surface area (Å²) in [5.74, 6) is -1.08. The van der Waals surface area contributed by atoms with Crippen molar-refractivity contribution in [2.75, 3.05) is 0 Å². The molecule has 7 saturated heterocycles. The molecule has 0 saturated carbocycles. The van der Waals surface area contributed by atoms with E-state index in [0.717, 1.165) is 0 Å². The molecule has 0 aromatic carbocycles. The van der Waals surface area contributed by atoms with Gasteiger partial charge in [-0.3, -0.25) is 0 Å². The van der Waals surface area contributed by atoms with Gasteiger partial charge in [0.2, 0.25) is 0 Å². The zero-order chi connectivity index (χ0) is 40.1. The van der Waals surface area contributed by atoms with Crippen molar-refractivity contribution >= 4 is 0 Å². The molecule has 16 nitrogen and oxygen atoms in total. The van der Waals surface area contributed by atoms with Gasteiger partial charge in [0.1, 0.15) is 67.1 Å². The van der Waals surface area contributed by atoms with E-state index < -0.39 is 60.3 Å². The molecule has 5 radical (unpaired) electrons. The molecular weight excluding hydrogens is 1840 g/mol. The number of fused-ring (bicyclic) bond motifs is 3. The first kappa shape index (κ1) is 66.6. The molecule has 7 heterocycles. The molecule has 327 valence electrons. The third-order valence-corrected chi connectivity index (χ3v) is 10.3. The van der Waals surface area contributed by atoms with Crippen LogP contribution in [0.2, 0.25) is 0 Å². The summed E-state index contributed by atoms with van der Waals surface area (Å²) in [5.41, 5.74) is 0. The van der Waals surface area contributed by atoms with Crippen molar-refractivity contribution in [1.29, 1.82) is 0 Å². The molecule has 0 aliphatic carbocycles. The van der Waals surface area contributed by atoms with Crippen LogP contribution >= 0.6 is 0 Å². The third kappa shape index (κ3) is 17.5. The van der Waals surface area contributed by atoms with Crippen molar-refractivity contribution in [3.8, 4) is 0 Å². The maximum absolute atomic E-state index is 9.53. The minimum absolute atomic E-state index is 0. The second-order valence-electron chi connectivity index (χ2n) is 17.1. The minimum atomic E-state index is -1.40. The average molecular weight is 1900 g/mol. The van der Waals surface area contributed by atoms with Crippen LogP contribution in [0.5, 0.6) is 0 Å². The number of aliphatic hydroxyl groups is 6. The predicted molar refractivity (Wildman–Crippen MR) is 187 cm³/mol. The van der Waals surface area contributed by atoms with Gasteiger partial charge in [0.15, 0.2) is 23.7 Å². The molecule has 0 amide bonds. The Morgan fingerprint density at radius 3 is 0.862 bits per heavy atom. The summed E-state index contributed by atoms with van der Waals surface area (Å²) in [7, 11) is 0. The van der Waals surface area contributed by atoms with E-state index >= 15 is 0 Å². The van der Waals surface area contributed by atoms with Crippen molar-refractivity contribution in [2.45, 2.75) is 230 Å². The summed E-state index contributed by atoms with van der Waals surface area (Å²) in [4.78, 5) is 0. The molecule has 0 spiro atoms. The van der Waals surface area contributed by atoms with Crippen LogP contribution in [0, 0.1) is 226 Å². The van der Waals surface area contributed by atoms with Gasteiger partial charge in [-0.1, -0.05) is 13.8 Å². The van der Waals surface area contributed by atoms with Crippen LogP contribution < -0.4 is 0 Å². The Balaban J connectivity index is 0. The average Bonchev–Trinajstić information content (AvgIpc) is 3.86. The van der Waals surface area contributed by atoms with Gasteiger partial charge in [0.05, 0.1) is 42.7 Å². The fourth-order valence-electron chi connectivity index (χ4n) is 7.91. The topological polar surface area (TPSA) is 214 Å². The van der Waals surface area contributed by atoms with E-state index in [-0.39, 0.29) is 294 Å². The van der Waals surface area contributed by atoms with Gasteiger partial charge in [0, 0.05) is 220 Å². The Labute approximate surface area is 524 Å². The number of hydrogen-bond acceptors (Lipinski definition) is 16. The normalized spacial score (nSPS) is 43.2. The zero-order valence-electron chi connectivity index (χ0n) is 36.7. The van der Waals surface area contributed by atoms with Crippen molar-refractivity contribution in [3.05, 3.63) is 0 Å². The van der Waals surface area contributed by atoms with Gasteiger partial charge >= 0.3 is 0 Å². The van der Waals surface area contributed by atoms with Gasteiger partial charge < -0.3 is 78.0 Å². The molecule has 7 fully saturated rings. The molecule has 0 aromatic rings. The molecule has 21 heteroatoms. The fraction of sp³-hybridized carbons (Fsp3) is 1.00. The van der Waals surface area contributed by atoms with Crippen LogP contribution in [-0.2, 0) is 47.4 Å². The standard InChI is InChI=1S/C11H20O3.2C10H18O4.C6H12O5.5Ac/c1-6(2)8-10-9(7(3)12-8)13-11(4,5)14-10;2*1-5(11)7-9-8(6(2)12-7)13-10(3,4)14-9;1-2(7)5-3(8)4(9)6(10)11-5;;;;;/h6-10H,1-5H3;2*5-9,11H,1-4H3;2-10H,1H3;;;;;/t7-,8+,9?,10-;5-,6+,7-,8?,9+;5-,6-,7+,8?,9-;2-,3+,4?,5+,6+;;;;;/m0100...../s1. The van der Waals surface area contributed by atoms with Crippen LogP contribution in [0.25, 0.3) is 0 Å². The Morgan fingerprint density at radius 2 is 0.638 bits per heavy atom. The quantitative estimate of drug-likeness (QED) is 0.233. The number of aliphatic hydroxyl groups excluding tert-OH is 6. The Bertz CT molecular complexity index is 1070. The Hall–Kier alpha value is 6.57. The molecule has 0 aromatic heterocycles. The summed E-state index contributed by atoms with van der Waals surface area (Å²) >= 11 is 0. The van der Waals surface area contributed by atoms with Gasteiger partial charge in [-0.15, -0.1) is 0 Å². The molecular formula is C37H68Ac5O16. The first-order valence-electron chi connectivity index (χ1n) is 19.0. The molecule has 7 rings (SSSR count). The van der Waals surface area contributed by atoms with Crippen molar-refractivity contribution in [3.63, 3.8) is 0 Å². The SMILES string of the molecule is CC(C)[C@H]1O[C@@H](C)C2OC(C)(C)O[C@H]21.C[C@@H]1O[C@H]([C@@H](C)O)[C@@H]2OC(C)(C)OC12.C[C@@H]1O[C@H]([C@H](C)O)[C@@H]2OC(C)(C)OC12.C[C@H](O)[C@H]1O[C@@H](O)C(O)[C@H]1O.[Ac].[Ac].[Ac].[Ac].[Ac]. The van der Waals surface area contributed by atoms with Gasteiger partial charge in [-0.25, -0.2) is 0 Å². The van der Waals surface area contributed by atoms with Crippen LogP contribution in [-0.4, -0.2) is 164 Å². The molecule has 4 unspecified atom stereocenters. The minimum Gasteiger partial charge on any atom is -0.391 e. The van der Waals surface area contributed by atoms with E-state index in [9.17, 15) is 10.2 Å². The summed E-state index contributed by atoms with van der Waals surface area (Å²) in [5, 5.41) is 54.9. The Morgan fingerprint density at radius 1 is 0.379 bits per heavy atom. The van der Waals surface area contributed by atoms with E-state index in [2.05, 4.69) is 25.5 Å². The second-order valence-corrected chi connectivity index (χ2v) is 17.1. The monoisotopic (exact) mass is 1900 g/mol. The molecule has 0 bridgehead atoms. The number of hydrogen-bond donors (Lipinski definition) is 6. The summed E-state index contributed by atoms with van der Waals surface area (Å²) in [6.07, 6.45) is -7.19. The summed E-state index contributed by atoms with van der Waals surface area (Å²) in [6, 6.07) is 0. The fourth-order valence-corrected chi connectivity index (χ4v) is 7.91. The third-order valence-electron chi connectivity index (χ3n) is 10.3. The molecule has 6 N–H and O–H groups in total. The van der Waals surface area contributed by atoms with Crippen molar-refractivity contribution in [2.24, 2.45) is 5.92 Å². The van der Waals surface area contributed by atoms with Gasteiger partial charge in [0.25, 0.3) is 0 Å². The number of rotatable bonds is 4. The Kier molecular flexibility index (Phi) is 32.0. The van der Waals surface area contributed by atoms with E-state index in [1.165, 1.54) is 6.92 Å². The van der Waals surface area contributed by atoms with Crippen molar-refractivity contribution in [1.82, 2.24) is 0 Å². The largest absolute Gasteiger partial charge is 0.391 e. The van der Waals surface area contributed by atoms with Crippen LogP contribution in [0.3, 0.4) is 0 Å². The zero-order valence-corrected chi connectivity index (χ0v) is 60.4. The molecule has 7 aliphatic heterocycles. The summed E-state index contributed by atoms with van der Waals surface area (Å²) < 4.78 is 56.2. The first-order valence-corrected chi connectivity index (χ1v) is 19.0. The van der Waals surface area contributed by atoms with E-state index in [1.54, 1.807) is 13.8 Å². The number of ether oxygens (including phenoxy) is 10. The molecule has 58 heavy (non-hydrogen) atoms. The maximum Gasteiger partial charge on any atom is 0.184 e. The molecule has 7 aliphatic rings. The molecule has 19 atom stereocenters. The van der Waals surface area contributed by atoms with Gasteiger partial charge in [-0.2, -0.15) is 0 Å². The smallest absolute Gasteiger partial charge is 0.184 e. The van der Waals surface area contributed by atoms with Crippen molar-refractivity contribution < 1.29 is 298 Å². The van der Waals surface area contributed by atoms with Crippen LogP contribution in [0.1, 0.15) is 96.9 Å². The van der Waals surface area contributed by atoms with Gasteiger partial charge in [-0.05, 0) is 89.0 Å². The maximum atomic E-state index is 9.53.